The third-order valence-electron chi connectivity index (χ3n) is 4.18. The number of ether oxygens (including phenoxy) is 1. The SMILES string of the molecule is CCC1COC(C)CN1CC(N)(C(=O)O)c1ccccc1. The smallest absolute Gasteiger partial charge is 0.329 e. The maximum atomic E-state index is 11.8. The van der Waals surface area contributed by atoms with Crippen LogP contribution in [0.2, 0.25) is 0 Å². The van der Waals surface area contributed by atoms with Gasteiger partial charge in [0.15, 0.2) is 5.54 Å². The van der Waals surface area contributed by atoms with Gasteiger partial charge < -0.3 is 15.6 Å². The molecule has 0 aromatic heterocycles. The highest BCUT2D eigenvalue weighted by atomic mass is 16.5. The summed E-state index contributed by atoms with van der Waals surface area (Å²) in [6.45, 7) is 5.71. The van der Waals surface area contributed by atoms with Crippen molar-refractivity contribution in [3.05, 3.63) is 35.9 Å². The fourth-order valence-corrected chi connectivity index (χ4v) is 2.82. The molecule has 3 atom stereocenters. The quantitative estimate of drug-likeness (QED) is 0.858. The molecule has 1 aliphatic rings. The second-order valence-electron chi connectivity index (χ2n) is 5.78. The van der Waals surface area contributed by atoms with Crippen molar-refractivity contribution in [3.63, 3.8) is 0 Å². The van der Waals surface area contributed by atoms with Crippen LogP contribution in [0.25, 0.3) is 0 Å². The summed E-state index contributed by atoms with van der Waals surface area (Å²) in [4.78, 5) is 13.9. The van der Waals surface area contributed by atoms with Crippen LogP contribution in [-0.4, -0.2) is 47.8 Å². The third-order valence-corrected chi connectivity index (χ3v) is 4.18. The molecule has 2 rings (SSSR count). The number of benzene rings is 1. The molecule has 3 unspecified atom stereocenters. The summed E-state index contributed by atoms with van der Waals surface area (Å²) < 4.78 is 5.66. The predicted octanol–water partition coefficient (Wildman–Crippen LogP) is 1.42. The number of rotatable bonds is 5. The minimum atomic E-state index is -1.40. The van der Waals surface area contributed by atoms with Crippen LogP contribution in [0.5, 0.6) is 0 Å². The van der Waals surface area contributed by atoms with Gasteiger partial charge in [-0.2, -0.15) is 0 Å². The number of morpholine rings is 1. The van der Waals surface area contributed by atoms with Crippen LogP contribution in [0.15, 0.2) is 30.3 Å². The van der Waals surface area contributed by atoms with Crippen molar-refractivity contribution in [1.29, 1.82) is 0 Å². The van der Waals surface area contributed by atoms with Crippen molar-refractivity contribution in [2.75, 3.05) is 19.7 Å². The number of carbonyl (C=O) groups is 1. The van der Waals surface area contributed by atoms with E-state index in [1.807, 2.05) is 25.1 Å². The van der Waals surface area contributed by atoms with E-state index in [1.54, 1.807) is 12.1 Å². The van der Waals surface area contributed by atoms with Crippen molar-refractivity contribution in [1.82, 2.24) is 4.90 Å². The van der Waals surface area contributed by atoms with Crippen molar-refractivity contribution >= 4 is 5.97 Å². The number of nitrogens with two attached hydrogens (primary N) is 1. The number of carboxylic acids is 1. The largest absolute Gasteiger partial charge is 0.480 e. The van der Waals surface area contributed by atoms with Crippen LogP contribution in [-0.2, 0) is 15.1 Å². The maximum absolute atomic E-state index is 11.8. The van der Waals surface area contributed by atoms with E-state index in [0.717, 1.165) is 6.42 Å². The van der Waals surface area contributed by atoms with Gasteiger partial charge in [0.25, 0.3) is 0 Å². The van der Waals surface area contributed by atoms with Gasteiger partial charge in [-0.1, -0.05) is 37.3 Å². The monoisotopic (exact) mass is 292 g/mol. The van der Waals surface area contributed by atoms with Gasteiger partial charge in [0, 0.05) is 19.1 Å². The lowest BCUT2D eigenvalue weighted by Crippen LogP contribution is -2.59. The lowest BCUT2D eigenvalue weighted by molar-refractivity contribution is -0.146. The molecule has 0 radical (unpaired) electrons. The number of carboxylic acid groups (broad SMARTS) is 1. The Labute approximate surface area is 125 Å². The fourth-order valence-electron chi connectivity index (χ4n) is 2.82. The molecule has 1 aromatic carbocycles. The Hall–Kier alpha value is -1.43. The lowest BCUT2D eigenvalue weighted by Gasteiger charge is -2.42. The molecule has 0 bridgehead atoms. The van der Waals surface area contributed by atoms with Crippen molar-refractivity contribution in [2.45, 2.75) is 38.0 Å². The second-order valence-corrected chi connectivity index (χ2v) is 5.78. The van der Waals surface area contributed by atoms with Crippen LogP contribution in [0.1, 0.15) is 25.8 Å². The third kappa shape index (κ3) is 3.43. The van der Waals surface area contributed by atoms with Gasteiger partial charge >= 0.3 is 5.97 Å². The second kappa shape index (κ2) is 6.56. The first kappa shape index (κ1) is 15.9. The van der Waals surface area contributed by atoms with Crippen LogP contribution in [0.4, 0.5) is 0 Å². The first-order chi connectivity index (χ1) is 9.97. The molecule has 1 saturated heterocycles. The minimum absolute atomic E-state index is 0.0987. The molecule has 1 heterocycles. The Morgan fingerprint density at radius 2 is 2.14 bits per heavy atom. The summed E-state index contributed by atoms with van der Waals surface area (Å²) in [6, 6.07) is 9.26. The molecule has 1 aromatic rings. The fraction of sp³-hybridized carbons (Fsp3) is 0.562. The first-order valence-electron chi connectivity index (χ1n) is 7.40. The highest BCUT2D eigenvalue weighted by molar-refractivity contribution is 5.80. The molecule has 0 aliphatic carbocycles. The van der Waals surface area contributed by atoms with Gasteiger partial charge in [0.1, 0.15) is 0 Å². The van der Waals surface area contributed by atoms with Crippen molar-refractivity contribution in [2.24, 2.45) is 5.73 Å². The van der Waals surface area contributed by atoms with Crippen LogP contribution < -0.4 is 5.73 Å². The topological polar surface area (TPSA) is 75.8 Å². The molecule has 0 amide bonds. The van der Waals surface area contributed by atoms with E-state index in [2.05, 4.69) is 11.8 Å². The Kier molecular flexibility index (Phi) is 4.98. The van der Waals surface area contributed by atoms with Crippen molar-refractivity contribution < 1.29 is 14.6 Å². The van der Waals surface area contributed by atoms with E-state index < -0.39 is 11.5 Å². The maximum Gasteiger partial charge on any atom is 0.329 e. The van der Waals surface area contributed by atoms with E-state index in [4.69, 9.17) is 10.5 Å². The summed E-state index contributed by atoms with van der Waals surface area (Å²) in [5.74, 6) is -0.998. The Morgan fingerprint density at radius 3 is 2.71 bits per heavy atom. The first-order valence-corrected chi connectivity index (χ1v) is 7.40. The van der Waals surface area contributed by atoms with Gasteiger partial charge in [0.2, 0.25) is 0 Å². The molecule has 1 fully saturated rings. The van der Waals surface area contributed by atoms with E-state index in [0.29, 0.717) is 25.3 Å². The zero-order valence-corrected chi connectivity index (χ0v) is 12.7. The van der Waals surface area contributed by atoms with E-state index in [1.165, 1.54) is 0 Å². The average Bonchev–Trinajstić information content (AvgIpc) is 2.48. The summed E-state index contributed by atoms with van der Waals surface area (Å²) in [6.07, 6.45) is 1.01. The van der Waals surface area contributed by atoms with Gasteiger partial charge in [-0.15, -0.1) is 0 Å². The number of nitrogens with zero attached hydrogens (tertiary/aromatic N) is 1. The predicted molar refractivity (Wildman–Crippen MR) is 81.0 cm³/mol. The normalized spacial score (nSPS) is 26.2. The Bertz CT molecular complexity index is 480. The van der Waals surface area contributed by atoms with Gasteiger partial charge in [-0.05, 0) is 18.9 Å². The van der Waals surface area contributed by atoms with Crippen molar-refractivity contribution in [3.8, 4) is 0 Å². The van der Waals surface area contributed by atoms with Crippen LogP contribution >= 0.6 is 0 Å². The van der Waals surface area contributed by atoms with Gasteiger partial charge in [-0.25, -0.2) is 4.79 Å². The molecule has 0 saturated carbocycles. The molecule has 5 heteroatoms. The molecule has 3 N–H and O–H groups in total. The molecular weight excluding hydrogens is 268 g/mol. The van der Waals surface area contributed by atoms with E-state index in [-0.39, 0.29) is 12.1 Å². The molecule has 5 nitrogen and oxygen atoms in total. The van der Waals surface area contributed by atoms with Gasteiger partial charge in [0.05, 0.1) is 12.7 Å². The molecule has 21 heavy (non-hydrogen) atoms. The number of hydrogen-bond acceptors (Lipinski definition) is 4. The average molecular weight is 292 g/mol. The van der Waals surface area contributed by atoms with E-state index in [9.17, 15) is 9.90 Å². The standard InChI is InChI=1S/C16H24N2O3/c1-3-14-10-21-12(2)9-18(14)11-16(17,15(19)20)13-7-5-4-6-8-13/h4-8,12,14H,3,9-11,17H2,1-2H3,(H,19,20). The summed E-state index contributed by atoms with van der Waals surface area (Å²) >= 11 is 0. The summed E-state index contributed by atoms with van der Waals surface area (Å²) in [5.41, 5.74) is 5.51. The molecule has 0 spiro atoms. The minimum Gasteiger partial charge on any atom is -0.480 e. The zero-order valence-electron chi connectivity index (χ0n) is 12.7. The van der Waals surface area contributed by atoms with Crippen LogP contribution in [0.3, 0.4) is 0 Å². The Balaban J connectivity index is 2.25. The van der Waals surface area contributed by atoms with Gasteiger partial charge in [-0.3, -0.25) is 4.90 Å². The Morgan fingerprint density at radius 1 is 1.48 bits per heavy atom. The summed E-state index contributed by atoms with van der Waals surface area (Å²) in [5, 5.41) is 9.66. The molecule has 1 aliphatic heterocycles. The zero-order chi connectivity index (χ0) is 15.5. The molecular formula is C16H24N2O3. The highest BCUT2D eigenvalue weighted by Crippen LogP contribution is 2.24. The molecule has 116 valence electrons. The highest BCUT2D eigenvalue weighted by Gasteiger charge is 2.40. The lowest BCUT2D eigenvalue weighted by atomic mass is 9.89. The number of hydrogen-bond donors (Lipinski definition) is 2. The summed E-state index contributed by atoms with van der Waals surface area (Å²) in [7, 11) is 0. The van der Waals surface area contributed by atoms with E-state index >= 15 is 0 Å². The van der Waals surface area contributed by atoms with Crippen LogP contribution in [0, 0.1) is 0 Å². The number of aliphatic carboxylic acids is 1.